The molecule has 0 aliphatic heterocycles. The average molecular weight is 383 g/mol. The summed E-state index contributed by atoms with van der Waals surface area (Å²) in [5.74, 6) is 0.811. The quantitative estimate of drug-likeness (QED) is 0.652. The first-order valence-corrected chi connectivity index (χ1v) is 10.5. The highest BCUT2D eigenvalue weighted by atomic mass is 16.5. The molecule has 3 rings (SSSR count). The maximum Gasteiger partial charge on any atom is 0.119 e. The standard InChI is InChI=1S/C24H34N2O2/c1-26(17-21-8-4-2-5-9-21)18-23(27)19-28-24-14-12-20(13-15-24)16-25-22-10-6-3-7-11-22/h2,4-5,8-9,12-15,22-23,25,27H,3,6-7,10-11,16-19H2,1H3/t23-/m0/s1. The van der Waals surface area contributed by atoms with Crippen LogP contribution in [0.1, 0.15) is 43.2 Å². The van der Waals surface area contributed by atoms with Crippen LogP contribution in [0.3, 0.4) is 0 Å². The summed E-state index contributed by atoms with van der Waals surface area (Å²) in [7, 11) is 2.02. The van der Waals surface area contributed by atoms with Crippen molar-refractivity contribution in [1.82, 2.24) is 10.2 Å². The lowest BCUT2D eigenvalue weighted by atomic mass is 9.95. The Bertz CT molecular complexity index is 669. The van der Waals surface area contributed by atoms with Crippen molar-refractivity contribution < 1.29 is 9.84 Å². The Morgan fingerprint density at radius 2 is 1.71 bits per heavy atom. The third-order valence-electron chi connectivity index (χ3n) is 5.38. The van der Waals surface area contributed by atoms with E-state index in [4.69, 9.17) is 4.74 Å². The monoisotopic (exact) mass is 382 g/mol. The van der Waals surface area contributed by atoms with Gasteiger partial charge >= 0.3 is 0 Å². The number of hydrogen-bond donors (Lipinski definition) is 2. The van der Waals surface area contributed by atoms with Crippen LogP contribution >= 0.6 is 0 Å². The molecular formula is C24H34N2O2. The lowest BCUT2D eigenvalue weighted by molar-refractivity contribution is 0.0744. The minimum Gasteiger partial charge on any atom is -0.491 e. The van der Waals surface area contributed by atoms with E-state index in [1.807, 2.05) is 37.4 Å². The van der Waals surface area contributed by atoms with Gasteiger partial charge in [-0.3, -0.25) is 4.90 Å². The fourth-order valence-electron chi connectivity index (χ4n) is 3.84. The van der Waals surface area contributed by atoms with E-state index in [2.05, 4.69) is 34.5 Å². The molecule has 0 radical (unpaired) electrons. The third-order valence-corrected chi connectivity index (χ3v) is 5.38. The Morgan fingerprint density at radius 3 is 2.43 bits per heavy atom. The Hall–Kier alpha value is -1.88. The number of nitrogens with zero attached hydrogens (tertiary/aromatic N) is 1. The van der Waals surface area contributed by atoms with Gasteiger partial charge in [-0.2, -0.15) is 0 Å². The molecule has 28 heavy (non-hydrogen) atoms. The lowest BCUT2D eigenvalue weighted by Gasteiger charge is -2.23. The van der Waals surface area contributed by atoms with Gasteiger partial charge in [-0.1, -0.05) is 61.7 Å². The summed E-state index contributed by atoms with van der Waals surface area (Å²) < 4.78 is 5.77. The van der Waals surface area contributed by atoms with Crippen LogP contribution in [0.5, 0.6) is 5.75 Å². The number of rotatable bonds is 10. The maximum absolute atomic E-state index is 10.3. The summed E-state index contributed by atoms with van der Waals surface area (Å²) in [6, 6.07) is 19.2. The fourth-order valence-corrected chi connectivity index (χ4v) is 3.84. The molecule has 0 heterocycles. The number of nitrogens with one attached hydrogen (secondary N) is 1. The molecule has 0 aromatic heterocycles. The average Bonchev–Trinajstić information content (AvgIpc) is 2.73. The number of likely N-dealkylation sites (N-methyl/N-ethyl adjacent to an activating group) is 1. The van der Waals surface area contributed by atoms with E-state index in [0.29, 0.717) is 19.2 Å². The molecule has 0 spiro atoms. The number of benzene rings is 2. The number of hydrogen-bond acceptors (Lipinski definition) is 4. The largest absolute Gasteiger partial charge is 0.491 e. The van der Waals surface area contributed by atoms with Gasteiger partial charge in [-0.15, -0.1) is 0 Å². The minimum absolute atomic E-state index is 0.304. The molecule has 2 N–H and O–H groups in total. The topological polar surface area (TPSA) is 44.7 Å². The van der Waals surface area contributed by atoms with Gasteiger partial charge in [0, 0.05) is 25.7 Å². The second kappa shape index (κ2) is 11.2. The summed E-state index contributed by atoms with van der Waals surface area (Å²) in [6.07, 6.45) is 6.19. The summed E-state index contributed by atoms with van der Waals surface area (Å²) in [5.41, 5.74) is 2.52. The number of aliphatic hydroxyl groups excluding tert-OH is 1. The molecule has 1 aliphatic carbocycles. The molecular weight excluding hydrogens is 348 g/mol. The molecule has 0 unspecified atom stereocenters. The SMILES string of the molecule is CN(Cc1ccccc1)C[C@H](O)COc1ccc(CNC2CCCCC2)cc1. The zero-order valence-corrected chi connectivity index (χ0v) is 17.0. The zero-order valence-electron chi connectivity index (χ0n) is 17.0. The third kappa shape index (κ3) is 7.27. The van der Waals surface area contributed by atoms with Crippen molar-refractivity contribution in [1.29, 1.82) is 0 Å². The van der Waals surface area contributed by atoms with Crippen LogP contribution in [0, 0.1) is 0 Å². The molecule has 0 bridgehead atoms. The molecule has 1 saturated carbocycles. The Kier molecular flexibility index (Phi) is 8.34. The van der Waals surface area contributed by atoms with Crippen LogP contribution in [0.25, 0.3) is 0 Å². The number of ether oxygens (including phenoxy) is 1. The van der Waals surface area contributed by atoms with Gasteiger partial charge in [0.1, 0.15) is 18.5 Å². The first-order chi connectivity index (χ1) is 13.7. The predicted octanol–water partition coefficient (Wildman–Crippen LogP) is 3.98. The van der Waals surface area contributed by atoms with Crippen molar-refractivity contribution in [3.63, 3.8) is 0 Å². The van der Waals surface area contributed by atoms with Crippen LogP contribution in [-0.4, -0.2) is 42.4 Å². The van der Waals surface area contributed by atoms with Gasteiger partial charge in [0.25, 0.3) is 0 Å². The van der Waals surface area contributed by atoms with Gasteiger partial charge in [0.2, 0.25) is 0 Å². The van der Waals surface area contributed by atoms with Crippen LogP contribution in [0.15, 0.2) is 54.6 Å². The molecule has 152 valence electrons. The smallest absolute Gasteiger partial charge is 0.119 e. The fraction of sp³-hybridized carbons (Fsp3) is 0.500. The Labute approximate surface area is 169 Å². The van der Waals surface area contributed by atoms with Crippen LogP contribution in [0.2, 0.25) is 0 Å². The van der Waals surface area contributed by atoms with Gasteiger partial charge < -0.3 is 15.2 Å². The number of aliphatic hydroxyl groups is 1. The van der Waals surface area contributed by atoms with Crippen molar-refractivity contribution in [2.75, 3.05) is 20.2 Å². The predicted molar refractivity (Wildman–Crippen MR) is 114 cm³/mol. The summed E-state index contributed by atoms with van der Waals surface area (Å²) in [4.78, 5) is 2.11. The van der Waals surface area contributed by atoms with Crippen LogP contribution < -0.4 is 10.1 Å². The van der Waals surface area contributed by atoms with E-state index in [-0.39, 0.29) is 0 Å². The lowest BCUT2D eigenvalue weighted by Crippen LogP contribution is -2.32. The minimum atomic E-state index is -0.513. The van der Waals surface area contributed by atoms with Gasteiger partial charge in [0.15, 0.2) is 0 Å². The second-order valence-electron chi connectivity index (χ2n) is 8.01. The first kappa shape index (κ1) is 20.8. The van der Waals surface area contributed by atoms with Crippen molar-refractivity contribution in [3.05, 3.63) is 65.7 Å². The second-order valence-corrected chi connectivity index (χ2v) is 8.01. The normalized spacial score (nSPS) is 16.2. The van der Waals surface area contributed by atoms with E-state index in [9.17, 15) is 5.11 Å². The van der Waals surface area contributed by atoms with Gasteiger partial charge in [-0.25, -0.2) is 0 Å². The van der Waals surface area contributed by atoms with E-state index in [0.717, 1.165) is 18.8 Å². The van der Waals surface area contributed by atoms with Gasteiger partial charge in [-0.05, 0) is 43.1 Å². The Morgan fingerprint density at radius 1 is 1.00 bits per heavy atom. The first-order valence-electron chi connectivity index (χ1n) is 10.5. The summed E-state index contributed by atoms with van der Waals surface area (Å²) >= 11 is 0. The molecule has 1 atom stereocenters. The molecule has 0 amide bonds. The molecule has 1 fully saturated rings. The van der Waals surface area contributed by atoms with E-state index in [1.165, 1.54) is 43.2 Å². The van der Waals surface area contributed by atoms with E-state index >= 15 is 0 Å². The highest BCUT2D eigenvalue weighted by Gasteiger charge is 2.12. The van der Waals surface area contributed by atoms with E-state index < -0.39 is 6.10 Å². The molecule has 2 aromatic carbocycles. The highest BCUT2D eigenvalue weighted by Crippen LogP contribution is 2.18. The highest BCUT2D eigenvalue weighted by molar-refractivity contribution is 5.27. The molecule has 1 aliphatic rings. The van der Waals surface area contributed by atoms with Crippen LogP contribution in [-0.2, 0) is 13.1 Å². The van der Waals surface area contributed by atoms with Gasteiger partial charge in [0.05, 0.1) is 0 Å². The maximum atomic E-state index is 10.3. The summed E-state index contributed by atoms with van der Waals surface area (Å²) in [6.45, 7) is 2.62. The van der Waals surface area contributed by atoms with Crippen LogP contribution in [0.4, 0.5) is 0 Å². The molecule has 2 aromatic rings. The van der Waals surface area contributed by atoms with E-state index in [1.54, 1.807) is 0 Å². The zero-order chi connectivity index (χ0) is 19.6. The molecule has 4 nitrogen and oxygen atoms in total. The van der Waals surface area contributed by atoms with Crippen molar-refractivity contribution >= 4 is 0 Å². The van der Waals surface area contributed by atoms with Crippen molar-refractivity contribution in [2.24, 2.45) is 0 Å². The van der Waals surface area contributed by atoms with Crippen molar-refractivity contribution in [3.8, 4) is 5.75 Å². The van der Waals surface area contributed by atoms with Crippen molar-refractivity contribution in [2.45, 2.75) is 57.3 Å². The summed E-state index contributed by atoms with van der Waals surface area (Å²) in [5, 5.41) is 13.9. The molecule has 0 saturated heterocycles. The Balaban J connectivity index is 1.35. The molecule has 4 heteroatoms.